The molecule has 1 rings (SSSR count). The lowest BCUT2D eigenvalue weighted by molar-refractivity contribution is -0.138. The average Bonchev–Trinajstić information content (AvgIpc) is 2.16. The molecule has 0 saturated carbocycles. The number of methoxy groups -OCH3 is 1. The molecule has 0 aliphatic rings. The van der Waals surface area contributed by atoms with Crippen LogP contribution in [0.25, 0.3) is 0 Å². The summed E-state index contributed by atoms with van der Waals surface area (Å²) in [6.45, 7) is 1.58. The summed E-state index contributed by atoms with van der Waals surface area (Å²) < 4.78 is 4.99. The molecular formula is C9H11NO3. The molecule has 1 N–H and O–H groups in total. The smallest absolute Gasteiger partial charge is 0.312 e. The van der Waals surface area contributed by atoms with Crippen LogP contribution in [0.3, 0.4) is 0 Å². The number of nitrogens with zero attached hydrogens (tertiary/aromatic N) is 1. The van der Waals surface area contributed by atoms with Crippen molar-refractivity contribution in [2.24, 2.45) is 0 Å². The number of carboxylic acids is 1. The molecule has 1 aromatic heterocycles. The molecule has 0 radical (unpaired) electrons. The van der Waals surface area contributed by atoms with Crippen LogP contribution in [0.5, 0.6) is 5.75 Å². The number of hydrogen-bond donors (Lipinski definition) is 1. The minimum atomic E-state index is -0.906. The first kappa shape index (κ1) is 9.51. The Balaban J connectivity index is 3.05. The van der Waals surface area contributed by atoms with Crippen molar-refractivity contribution < 1.29 is 14.6 Å². The maximum atomic E-state index is 10.7. The SMILES string of the molecule is COc1cccnc1[C@H](C)C(=O)O. The Hall–Kier alpha value is -1.58. The number of aliphatic carboxylic acids is 1. The van der Waals surface area contributed by atoms with Crippen LogP contribution in [0.15, 0.2) is 18.3 Å². The highest BCUT2D eigenvalue weighted by atomic mass is 16.5. The van der Waals surface area contributed by atoms with Gasteiger partial charge in [-0.2, -0.15) is 0 Å². The molecule has 70 valence electrons. The van der Waals surface area contributed by atoms with E-state index in [4.69, 9.17) is 9.84 Å². The molecule has 0 aliphatic carbocycles. The zero-order valence-electron chi connectivity index (χ0n) is 7.52. The maximum Gasteiger partial charge on any atom is 0.312 e. The van der Waals surface area contributed by atoms with Gasteiger partial charge in [-0.3, -0.25) is 9.78 Å². The quantitative estimate of drug-likeness (QED) is 0.763. The van der Waals surface area contributed by atoms with Crippen LogP contribution in [0, 0.1) is 0 Å². The van der Waals surface area contributed by atoms with Gasteiger partial charge < -0.3 is 9.84 Å². The van der Waals surface area contributed by atoms with E-state index in [1.165, 1.54) is 7.11 Å². The Morgan fingerprint density at radius 1 is 1.69 bits per heavy atom. The van der Waals surface area contributed by atoms with Gasteiger partial charge in [-0.05, 0) is 19.1 Å². The van der Waals surface area contributed by atoms with Crippen LogP contribution in [0.1, 0.15) is 18.5 Å². The highest BCUT2D eigenvalue weighted by Gasteiger charge is 2.18. The Labute approximate surface area is 76.2 Å². The second kappa shape index (κ2) is 3.89. The minimum absolute atomic E-state index is 0.456. The molecule has 1 heterocycles. The fourth-order valence-corrected chi connectivity index (χ4v) is 1.02. The first-order chi connectivity index (χ1) is 6.16. The summed E-state index contributed by atoms with van der Waals surface area (Å²) in [4.78, 5) is 14.6. The standard InChI is InChI=1S/C9H11NO3/c1-6(9(11)12)8-7(13-2)4-3-5-10-8/h3-6H,1-2H3,(H,11,12)/t6-/m0/s1. The fraction of sp³-hybridized carbons (Fsp3) is 0.333. The molecule has 1 atom stereocenters. The second-order valence-corrected chi connectivity index (χ2v) is 2.65. The second-order valence-electron chi connectivity index (χ2n) is 2.65. The van der Waals surface area contributed by atoms with Crippen LogP contribution in [0.4, 0.5) is 0 Å². The first-order valence-electron chi connectivity index (χ1n) is 3.88. The summed E-state index contributed by atoms with van der Waals surface area (Å²) in [5, 5.41) is 8.76. The van der Waals surface area contributed by atoms with E-state index in [1.807, 2.05) is 0 Å². The molecule has 0 aromatic carbocycles. The van der Waals surface area contributed by atoms with E-state index in [1.54, 1.807) is 25.3 Å². The Bertz CT molecular complexity index is 311. The number of aromatic nitrogens is 1. The molecule has 0 saturated heterocycles. The predicted octanol–water partition coefficient (Wildman–Crippen LogP) is 1.28. The van der Waals surface area contributed by atoms with E-state index in [9.17, 15) is 4.79 Å². The Morgan fingerprint density at radius 3 is 2.92 bits per heavy atom. The van der Waals surface area contributed by atoms with Crippen LogP contribution >= 0.6 is 0 Å². The largest absolute Gasteiger partial charge is 0.495 e. The number of carbonyl (C=O) groups is 1. The third kappa shape index (κ3) is 1.96. The van der Waals surface area contributed by atoms with E-state index in [2.05, 4.69) is 4.98 Å². The maximum absolute atomic E-state index is 10.7. The van der Waals surface area contributed by atoms with E-state index >= 15 is 0 Å². The van der Waals surface area contributed by atoms with Gasteiger partial charge in [0.2, 0.25) is 0 Å². The highest BCUT2D eigenvalue weighted by molar-refractivity contribution is 5.75. The number of hydrogen-bond acceptors (Lipinski definition) is 3. The third-order valence-electron chi connectivity index (χ3n) is 1.80. The molecule has 4 nitrogen and oxygen atoms in total. The van der Waals surface area contributed by atoms with E-state index in [0.717, 1.165) is 0 Å². The van der Waals surface area contributed by atoms with E-state index in [0.29, 0.717) is 11.4 Å². The van der Waals surface area contributed by atoms with Crippen molar-refractivity contribution in [2.45, 2.75) is 12.8 Å². The van der Waals surface area contributed by atoms with Crippen molar-refractivity contribution in [2.75, 3.05) is 7.11 Å². The molecule has 0 bridgehead atoms. The minimum Gasteiger partial charge on any atom is -0.495 e. The van der Waals surface area contributed by atoms with Crippen LogP contribution in [0.2, 0.25) is 0 Å². The highest BCUT2D eigenvalue weighted by Crippen LogP contribution is 2.23. The normalized spacial score (nSPS) is 12.2. The molecular weight excluding hydrogens is 170 g/mol. The summed E-state index contributed by atoms with van der Waals surface area (Å²) in [7, 11) is 1.50. The average molecular weight is 181 g/mol. The Morgan fingerprint density at radius 2 is 2.38 bits per heavy atom. The summed E-state index contributed by atoms with van der Waals surface area (Å²) in [6.07, 6.45) is 1.55. The lowest BCUT2D eigenvalue weighted by Crippen LogP contribution is -2.10. The van der Waals surface area contributed by atoms with Gasteiger partial charge in [0.25, 0.3) is 0 Å². The van der Waals surface area contributed by atoms with Gasteiger partial charge in [-0.1, -0.05) is 0 Å². The van der Waals surface area contributed by atoms with Gasteiger partial charge in [0.15, 0.2) is 0 Å². The van der Waals surface area contributed by atoms with Gasteiger partial charge in [0.05, 0.1) is 18.7 Å². The van der Waals surface area contributed by atoms with Crippen molar-refractivity contribution in [3.05, 3.63) is 24.0 Å². The number of rotatable bonds is 3. The number of carboxylic acid groups (broad SMARTS) is 1. The van der Waals surface area contributed by atoms with Crippen molar-refractivity contribution in [1.82, 2.24) is 4.98 Å². The lowest BCUT2D eigenvalue weighted by Gasteiger charge is -2.09. The molecule has 13 heavy (non-hydrogen) atoms. The summed E-state index contributed by atoms with van der Waals surface area (Å²) in [6, 6.07) is 3.40. The summed E-state index contributed by atoms with van der Waals surface area (Å²) in [5.41, 5.74) is 0.456. The molecule has 0 fully saturated rings. The molecule has 4 heteroatoms. The monoisotopic (exact) mass is 181 g/mol. The zero-order valence-corrected chi connectivity index (χ0v) is 7.52. The van der Waals surface area contributed by atoms with Gasteiger partial charge in [0.1, 0.15) is 5.75 Å². The molecule has 0 amide bonds. The van der Waals surface area contributed by atoms with Crippen LogP contribution < -0.4 is 4.74 Å². The summed E-state index contributed by atoms with van der Waals surface area (Å²) in [5.74, 6) is -1.04. The van der Waals surface area contributed by atoms with Crippen molar-refractivity contribution >= 4 is 5.97 Å². The van der Waals surface area contributed by atoms with Gasteiger partial charge in [-0.25, -0.2) is 0 Å². The number of pyridine rings is 1. The molecule has 0 unspecified atom stereocenters. The van der Waals surface area contributed by atoms with Gasteiger partial charge in [0, 0.05) is 6.20 Å². The molecule has 0 spiro atoms. The van der Waals surface area contributed by atoms with Crippen molar-refractivity contribution in [3.8, 4) is 5.75 Å². The molecule has 1 aromatic rings. The van der Waals surface area contributed by atoms with Crippen LogP contribution in [-0.4, -0.2) is 23.2 Å². The van der Waals surface area contributed by atoms with Crippen LogP contribution in [-0.2, 0) is 4.79 Å². The first-order valence-corrected chi connectivity index (χ1v) is 3.88. The van der Waals surface area contributed by atoms with Gasteiger partial charge in [-0.15, -0.1) is 0 Å². The van der Waals surface area contributed by atoms with E-state index in [-0.39, 0.29) is 0 Å². The Kier molecular flexibility index (Phi) is 2.84. The molecule has 0 aliphatic heterocycles. The fourth-order valence-electron chi connectivity index (χ4n) is 1.02. The summed E-state index contributed by atoms with van der Waals surface area (Å²) >= 11 is 0. The van der Waals surface area contributed by atoms with Gasteiger partial charge >= 0.3 is 5.97 Å². The number of ether oxygens (including phenoxy) is 1. The zero-order chi connectivity index (χ0) is 9.84. The van der Waals surface area contributed by atoms with Crippen molar-refractivity contribution in [3.63, 3.8) is 0 Å². The third-order valence-corrected chi connectivity index (χ3v) is 1.80. The van der Waals surface area contributed by atoms with Crippen molar-refractivity contribution in [1.29, 1.82) is 0 Å². The lowest BCUT2D eigenvalue weighted by atomic mass is 10.1. The van der Waals surface area contributed by atoms with E-state index < -0.39 is 11.9 Å². The topological polar surface area (TPSA) is 59.4 Å². The predicted molar refractivity (Wildman–Crippen MR) is 46.8 cm³/mol.